The first-order chi connectivity index (χ1) is 7.57. The van der Waals surface area contributed by atoms with Crippen molar-refractivity contribution in [1.29, 1.82) is 0 Å². The smallest absolute Gasteiger partial charge is 0.222 e. The lowest BCUT2D eigenvalue weighted by Gasteiger charge is -2.11. The molecule has 0 bridgehead atoms. The summed E-state index contributed by atoms with van der Waals surface area (Å²) in [5.74, 6) is 0.132. The Labute approximate surface area is 98.9 Å². The topological polar surface area (TPSA) is 64.3 Å². The molecule has 0 aliphatic rings. The first-order valence-electron chi connectivity index (χ1n) is 6.17. The number of amides is 1. The van der Waals surface area contributed by atoms with Crippen LogP contribution in [0, 0.1) is 5.92 Å². The normalized spacial score (nSPS) is 12.8. The molecule has 0 rings (SSSR count). The summed E-state index contributed by atoms with van der Waals surface area (Å²) >= 11 is 0. The molecule has 3 N–H and O–H groups in total. The first kappa shape index (κ1) is 15.4. The molecule has 4 nitrogen and oxygen atoms in total. The zero-order chi connectivity index (χ0) is 12.4. The molecule has 1 amide bonds. The van der Waals surface area contributed by atoms with Crippen molar-refractivity contribution in [3.63, 3.8) is 0 Å². The molecule has 0 spiro atoms. The number of unbranched alkanes of at least 4 members (excludes halogenated alkanes) is 1. The third-order valence-electron chi connectivity index (χ3n) is 2.37. The van der Waals surface area contributed by atoms with Crippen molar-refractivity contribution in [2.75, 3.05) is 19.7 Å². The van der Waals surface area contributed by atoms with Crippen LogP contribution in [0.2, 0.25) is 0 Å². The maximum atomic E-state index is 11.5. The van der Waals surface area contributed by atoms with E-state index < -0.39 is 0 Å². The van der Waals surface area contributed by atoms with Crippen LogP contribution in [0.4, 0.5) is 0 Å². The van der Waals surface area contributed by atoms with E-state index in [1.165, 1.54) is 0 Å². The number of hydrogen-bond donors (Lipinski definition) is 2. The number of carbonyl (C=O) groups is 1. The average molecular weight is 230 g/mol. The molecule has 16 heavy (non-hydrogen) atoms. The van der Waals surface area contributed by atoms with Gasteiger partial charge in [-0.2, -0.15) is 0 Å². The van der Waals surface area contributed by atoms with Gasteiger partial charge in [-0.1, -0.05) is 6.92 Å². The summed E-state index contributed by atoms with van der Waals surface area (Å²) in [5, 5.41) is 2.91. The Morgan fingerprint density at radius 2 is 2.00 bits per heavy atom. The van der Waals surface area contributed by atoms with Gasteiger partial charge in [-0.05, 0) is 39.7 Å². The standard InChI is InChI=1S/C12H26N2O2/c1-10(2)16-9-5-4-8-14-12(15)11(3)6-7-13/h10-11H,4-9,13H2,1-3H3,(H,14,15). The number of hydrogen-bond acceptors (Lipinski definition) is 3. The van der Waals surface area contributed by atoms with E-state index in [0.717, 1.165) is 32.4 Å². The first-order valence-corrected chi connectivity index (χ1v) is 6.17. The minimum Gasteiger partial charge on any atom is -0.379 e. The van der Waals surface area contributed by atoms with Crippen LogP contribution in [0.25, 0.3) is 0 Å². The molecule has 0 saturated heterocycles. The molecule has 0 aliphatic heterocycles. The van der Waals surface area contributed by atoms with Gasteiger partial charge in [0, 0.05) is 19.1 Å². The summed E-state index contributed by atoms with van der Waals surface area (Å²) < 4.78 is 5.41. The second-order valence-corrected chi connectivity index (χ2v) is 4.40. The van der Waals surface area contributed by atoms with Gasteiger partial charge in [0.25, 0.3) is 0 Å². The van der Waals surface area contributed by atoms with Gasteiger partial charge >= 0.3 is 0 Å². The predicted molar refractivity (Wildman–Crippen MR) is 66.2 cm³/mol. The van der Waals surface area contributed by atoms with Crippen LogP contribution in [0.3, 0.4) is 0 Å². The maximum Gasteiger partial charge on any atom is 0.222 e. The molecule has 0 fully saturated rings. The van der Waals surface area contributed by atoms with Gasteiger partial charge in [0.1, 0.15) is 0 Å². The SMILES string of the molecule is CC(C)OCCCCNC(=O)C(C)CCN. The van der Waals surface area contributed by atoms with Crippen molar-refractivity contribution in [2.24, 2.45) is 11.7 Å². The zero-order valence-electron chi connectivity index (χ0n) is 10.8. The van der Waals surface area contributed by atoms with E-state index in [0.29, 0.717) is 12.6 Å². The Hall–Kier alpha value is -0.610. The highest BCUT2D eigenvalue weighted by molar-refractivity contribution is 5.78. The van der Waals surface area contributed by atoms with Crippen molar-refractivity contribution in [2.45, 2.75) is 46.1 Å². The molecular weight excluding hydrogens is 204 g/mol. The highest BCUT2D eigenvalue weighted by Gasteiger charge is 2.10. The molecule has 1 unspecified atom stereocenters. The van der Waals surface area contributed by atoms with Crippen LogP contribution in [0.1, 0.15) is 40.0 Å². The third kappa shape index (κ3) is 8.68. The fraction of sp³-hybridized carbons (Fsp3) is 0.917. The fourth-order valence-electron chi connectivity index (χ4n) is 1.31. The summed E-state index contributed by atoms with van der Waals surface area (Å²) in [7, 11) is 0. The van der Waals surface area contributed by atoms with Crippen molar-refractivity contribution < 1.29 is 9.53 Å². The summed E-state index contributed by atoms with van der Waals surface area (Å²) in [4.78, 5) is 11.5. The van der Waals surface area contributed by atoms with Crippen molar-refractivity contribution in [3.05, 3.63) is 0 Å². The van der Waals surface area contributed by atoms with E-state index in [1.807, 2.05) is 20.8 Å². The molecule has 96 valence electrons. The molecule has 0 aromatic rings. The van der Waals surface area contributed by atoms with Crippen LogP contribution in [0.15, 0.2) is 0 Å². The molecule has 1 atom stereocenters. The second kappa shape index (κ2) is 9.60. The van der Waals surface area contributed by atoms with Gasteiger partial charge in [0.05, 0.1) is 6.10 Å². The zero-order valence-corrected chi connectivity index (χ0v) is 10.8. The van der Waals surface area contributed by atoms with Gasteiger partial charge in [-0.25, -0.2) is 0 Å². The van der Waals surface area contributed by atoms with Gasteiger partial charge in [-0.15, -0.1) is 0 Å². The molecular formula is C12H26N2O2. The van der Waals surface area contributed by atoms with E-state index in [4.69, 9.17) is 10.5 Å². The molecule has 0 heterocycles. The minimum absolute atomic E-state index is 0.0249. The number of nitrogens with two attached hydrogens (primary N) is 1. The molecule has 0 radical (unpaired) electrons. The van der Waals surface area contributed by atoms with Crippen LogP contribution in [-0.2, 0) is 9.53 Å². The Balaban J connectivity index is 3.34. The molecule has 0 aromatic heterocycles. The van der Waals surface area contributed by atoms with E-state index >= 15 is 0 Å². The van der Waals surface area contributed by atoms with E-state index in [1.54, 1.807) is 0 Å². The summed E-state index contributed by atoms with van der Waals surface area (Å²) in [5.41, 5.74) is 5.39. The lowest BCUT2D eigenvalue weighted by molar-refractivity contribution is -0.124. The molecule has 0 saturated carbocycles. The van der Waals surface area contributed by atoms with Crippen molar-refractivity contribution in [1.82, 2.24) is 5.32 Å². The Morgan fingerprint density at radius 3 is 2.56 bits per heavy atom. The quantitative estimate of drug-likeness (QED) is 0.587. The van der Waals surface area contributed by atoms with E-state index in [2.05, 4.69) is 5.32 Å². The largest absolute Gasteiger partial charge is 0.379 e. The van der Waals surface area contributed by atoms with Gasteiger partial charge in [0.2, 0.25) is 5.91 Å². The third-order valence-corrected chi connectivity index (χ3v) is 2.37. The van der Waals surface area contributed by atoms with Crippen LogP contribution < -0.4 is 11.1 Å². The van der Waals surface area contributed by atoms with E-state index in [-0.39, 0.29) is 11.8 Å². The van der Waals surface area contributed by atoms with Crippen LogP contribution in [-0.4, -0.2) is 31.7 Å². The van der Waals surface area contributed by atoms with Crippen LogP contribution >= 0.6 is 0 Å². The van der Waals surface area contributed by atoms with Gasteiger partial charge in [0.15, 0.2) is 0 Å². The number of carbonyl (C=O) groups excluding carboxylic acids is 1. The number of rotatable bonds is 9. The number of nitrogens with one attached hydrogen (secondary N) is 1. The molecule has 0 aliphatic carbocycles. The minimum atomic E-state index is 0.0249. The second-order valence-electron chi connectivity index (χ2n) is 4.40. The van der Waals surface area contributed by atoms with Gasteiger partial charge < -0.3 is 15.8 Å². The molecule has 4 heteroatoms. The van der Waals surface area contributed by atoms with Crippen LogP contribution in [0.5, 0.6) is 0 Å². The number of ether oxygens (including phenoxy) is 1. The van der Waals surface area contributed by atoms with Crippen molar-refractivity contribution in [3.8, 4) is 0 Å². The summed E-state index contributed by atoms with van der Waals surface area (Å²) in [6.07, 6.45) is 3.00. The highest BCUT2D eigenvalue weighted by atomic mass is 16.5. The van der Waals surface area contributed by atoms with Gasteiger partial charge in [-0.3, -0.25) is 4.79 Å². The average Bonchev–Trinajstić information content (AvgIpc) is 2.22. The predicted octanol–water partition coefficient (Wildman–Crippen LogP) is 1.29. The summed E-state index contributed by atoms with van der Waals surface area (Å²) in [6, 6.07) is 0. The Kier molecular flexibility index (Phi) is 9.24. The maximum absolute atomic E-state index is 11.5. The summed E-state index contributed by atoms with van der Waals surface area (Å²) in [6.45, 7) is 8.02. The lowest BCUT2D eigenvalue weighted by Crippen LogP contribution is -2.31. The van der Waals surface area contributed by atoms with E-state index in [9.17, 15) is 4.79 Å². The molecule has 0 aromatic carbocycles. The monoisotopic (exact) mass is 230 g/mol. The fourth-order valence-corrected chi connectivity index (χ4v) is 1.31. The Bertz CT molecular complexity index is 184. The van der Waals surface area contributed by atoms with Crippen molar-refractivity contribution >= 4 is 5.91 Å². The Morgan fingerprint density at radius 1 is 1.31 bits per heavy atom. The highest BCUT2D eigenvalue weighted by Crippen LogP contribution is 2.00. The lowest BCUT2D eigenvalue weighted by atomic mass is 10.1.